The topological polar surface area (TPSA) is 83.7 Å². The predicted octanol–water partition coefficient (Wildman–Crippen LogP) is 6.80. The van der Waals surface area contributed by atoms with E-state index >= 15 is 0 Å². The number of carbonyl (C=O) groups is 1. The van der Waals surface area contributed by atoms with Crippen molar-refractivity contribution in [3.63, 3.8) is 0 Å². The second-order valence-corrected chi connectivity index (χ2v) is 12.0. The van der Waals surface area contributed by atoms with Crippen molar-refractivity contribution in [2.24, 2.45) is 0 Å². The maximum absolute atomic E-state index is 13.3. The molecule has 1 amide bonds. The van der Waals surface area contributed by atoms with Crippen LogP contribution in [0.15, 0.2) is 82.5 Å². The molecule has 0 saturated carbocycles. The summed E-state index contributed by atoms with van der Waals surface area (Å²) in [6, 6.07) is 23.1. The number of H-pyrrole nitrogens is 1. The monoisotopic (exact) mass is 593 g/mol. The molecular formula is C35H35N3O4S. The molecule has 1 aliphatic rings. The number of para-hydroxylation sites is 2. The molecule has 0 fully saturated rings. The number of ether oxygens (including phenoxy) is 2. The Labute approximate surface area is 255 Å². The molecule has 0 aliphatic carbocycles. The third-order valence-corrected chi connectivity index (χ3v) is 9.22. The number of methoxy groups -OCH3 is 2. The Balaban J connectivity index is 1.05. The molecule has 5 aromatic rings. The normalized spacial score (nSPS) is 13.2. The number of aromatic amines is 1. The van der Waals surface area contributed by atoms with E-state index in [-0.39, 0.29) is 11.3 Å². The van der Waals surface area contributed by atoms with E-state index in [0.717, 1.165) is 65.7 Å². The number of hydrogen-bond acceptors (Lipinski definition) is 6. The SMILES string of the molecule is COc1cc2c(cc1OC)CN(CCCSc1ccc(NC(=O)c3cccc4c(=O)c5cccc(C)c5[nH]c34)cc1)CC2. The molecule has 0 saturated heterocycles. The van der Waals surface area contributed by atoms with Crippen molar-refractivity contribution in [3.8, 4) is 11.5 Å². The summed E-state index contributed by atoms with van der Waals surface area (Å²) < 4.78 is 11.0. The first-order valence-electron chi connectivity index (χ1n) is 14.5. The van der Waals surface area contributed by atoms with Gasteiger partial charge >= 0.3 is 0 Å². The minimum absolute atomic E-state index is 0.0746. The number of nitrogens with zero attached hydrogens (tertiary/aromatic N) is 1. The van der Waals surface area contributed by atoms with Crippen LogP contribution in [0.5, 0.6) is 11.5 Å². The predicted molar refractivity (Wildman–Crippen MR) is 175 cm³/mol. The molecule has 1 aliphatic heterocycles. The Morgan fingerprint density at radius 3 is 2.37 bits per heavy atom. The van der Waals surface area contributed by atoms with Crippen LogP contribution in [0.2, 0.25) is 0 Å². The maximum Gasteiger partial charge on any atom is 0.257 e. The third-order valence-electron chi connectivity index (χ3n) is 8.12. The summed E-state index contributed by atoms with van der Waals surface area (Å²) in [4.78, 5) is 33.4. The summed E-state index contributed by atoms with van der Waals surface area (Å²) in [6.45, 7) is 4.96. The third kappa shape index (κ3) is 5.98. The molecule has 0 radical (unpaired) electrons. The largest absolute Gasteiger partial charge is 0.493 e. The smallest absolute Gasteiger partial charge is 0.257 e. The van der Waals surface area contributed by atoms with Crippen LogP contribution < -0.4 is 20.2 Å². The zero-order chi connectivity index (χ0) is 29.9. The van der Waals surface area contributed by atoms with E-state index < -0.39 is 0 Å². The zero-order valence-corrected chi connectivity index (χ0v) is 25.5. The summed E-state index contributed by atoms with van der Waals surface area (Å²) in [5.41, 5.74) is 6.00. The van der Waals surface area contributed by atoms with Crippen LogP contribution in [-0.4, -0.2) is 48.9 Å². The summed E-state index contributed by atoms with van der Waals surface area (Å²) in [5, 5.41) is 4.13. The van der Waals surface area contributed by atoms with Gasteiger partial charge in [-0.15, -0.1) is 11.8 Å². The van der Waals surface area contributed by atoms with Crippen molar-refractivity contribution in [2.45, 2.75) is 31.2 Å². The summed E-state index contributed by atoms with van der Waals surface area (Å²) in [7, 11) is 3.36. The molecule has 6 rings (SSSR count). The van der Waals surface area contributed by atoms with Gasteiger partial charge < -0.3 is 19.8 Å². The molecule has 0 atom stereocenters. The Bertz CT molecular complexity index is 1870. The number of anilines is 1. The lowest BCUT2D eigenvalue weighted by Crippen LogP contribution is -2.31. The van der Waals surface area contributed by atoms with Crippen LogP contribution in [0.25, 0.3) is 21.8 Å². The van der Waals surface area contributed by atoms with Crippen LogP contribution in [0.1, 0.15) is 33.5 Å². The molecule has 2 N–H and O–H groups in total. The number of rotatable bonds is 9. The summed E-state index contributed by atoms with van der Waals surface area (Å²) in [5.74, 6) is 2.34. The molecule has 8 heteroatoms. The van der Waals surface area contributed by atoms with Crippen molar-refractivity contribution < 1.29 is 14.3 Å². The fraction of sp³-hybridized carbons (Fsp3) is 0.257. The van der Waals surface area contributed by atoms with Crippen molar-refractivity contribution in [3.05, 3.63) is 105 Å². The van der Waals surface area contributed by atoms with Gasteiger partial charge in [-0.2, -0.15) is 0 Å². The number of nitrogens with one attached hydrogen (secondary N) is 2. The number of aromatic nitrogens is 1. The highest BCUT2D eigenvalue weighted by molar-refractivity contribution is 7.99. The molecule has 0 bridgehead atoms. The number of benzene rings is 4. The standard InChI is InChI=1S/C35H35N3O4S/c1-22-7-4-8-27-32(22)37-33-28(34(27)39)9-5-10-29(33)35(40)36-25-11-13-26(14-12-25)43-18-6-16-38-17-15-23-19-30(41-2)31(42-3)20-24(23)21-38/h4-5,7-14,19-20H,6,15-18,21H2,1-3H3,(H,36,40)(H,37,39). The quantitative estimate of drug-likeness (QED) is 0.111. The average molecular weight is 594 g/mol. The van der Waals surface area contributed by atoms with Gasteiger partial charge in [-0.05, 0) is 103 Å². The molecule has 43 heavy (non-hydrogen) atoms. The van der Waals surface area contributed by atoms with E-state index in [4.69, 9.17) is 9.47 Å². The Hall–Kier alpha value is -4.27. The van der Waals surface area contributed by atoms with Gasteiger partial charge in [0.25, 0.3) is 5.91 Å². The van der Waals surface area contributed by atoms with E-state index in [0.29, 0.717) is 27.5 Å². The number of aryl methyl sites for hydroxylation is 1. The molecule has 4 aromatic carbocycles. The van der Waals surface area contributed by atoms with Gasteiger partial charge in [-0.25, -0.2) is 0 Å². The summed E-state index contributed by atoms with van der Waals surface area (Å²) >= 11 is 1.82. The van der Waals surface area contributed by atoms with E-state index in [1.807, 2.05) is 61.2 Å². The van der Waals surface area contributed by atoms with Gasteiger partial charge in [0.2, 0.25) is 0 Å². The van der Waals surface area contributed by atoms with Crippen molar-refractivity contribution in [1.29, 1.82) is 0 Å². The molecule has 2 heterocycles. The second kappa shape index (κ2) is 12.5. The first-order valence-corrected chi connectivity index (χ1v) is 15.5. The van der Waals surface area contributed by atoms with E-state index in [2.05, 4.69) is 27.3 Å². The zero-order valence-electron chi connectivity index (χ0n) is 24.7. The number of pyridine rings is 1. The van der Waals surface area contributed by atoms with Gasteiger partial charge in [0.15, 0.2) is 16.9 Å². The fourth-order valence-corrected chi connectivity index (χ4v) is 6.64. The van der Waals surface area contributed by atoms with Crippen LogP contribution in [0, 0.1) is 6.92 Å². The number of carbonyl (C=O) groups excluding carboxylic acids is 1. The lowest BCUT2D eigenvalue weighted by Gasteiger charge is -2.29. The molecule has 0 spiro atoms. The highest BCUT2D eigenvalue weighted by Crippen LogP contribution is 2.33. The molecule has 1 aromatic heterocycles. The van der Waals surface area contributed by atoms with Crippen LogP contribution in [0.3, 0.4) is 0 Å². The first kappa shape index (κ1) is 28.8. The molecule has 220 valence electrons. The second-order valence-electron chi connectivity index (χ2n) is 10.9. The number of fused-ring (bicyclic) bond motifs is 3. The number of amides is 1. The fourth-order valence-electron chi connectivity index (χ4n) is 5.80. The van der Waals surface area contributed by atoms with Crippen molar-refractivity contribution >= 4 is 45.2 Å². The molecule has 7 nitrogen and oxygen atoms in total. The van der Waals surface area contributed by atoms with E-state index in [1.54, 1.807) is 32.4 Å². The number of thioether (sulfide) groups is 1. The van der Waals surface area contributed by atoms with Crippen molar-refractivity contribution in [1.82, 2.24) is 9.88 Å². The Morgan fingerprint density at radius 1 is 0.930 bits per heavy atom. The van der Waals surface area contributed by atoms with Crippen LogP contribution in [0.4, 0.5) is 5.69 Å². The van der Waals surface area contributed by atoms with E-state index in [1.165, 1.54) is 11.1 Å². The van der Waals surface area contributed by atoms with Crippen LogP contribution in [-0.2, 0) is 13.0 Å². The minimum Gasteiger partial charge on any atom is -0.493 e. The van der Waals surface area contributed by atoms with Gasteiger partial charge in [0, 0.05) is 34.4 Å². The first-order chi connectivity index (χ1) is 20.9. The summed E-state index contributed by atoms with van der Waals surface area (Å²) in [6.07, 6.45) is 2.10. The maximum atomic E-state index is 13.3. The Kier molecular flexibility index (Phi) is 8.40. The van der Waals surface area contributed by atoms with Gasteiger partial charge in [-0.3, -0.25) is 14.5 Å². The van der Waals surface area contributed by atoms with E-state index in [9.17, 15) is 9.59 Å². The molecular weight excluding hydrogens is 558 g/mol. The molecule has 0 unspecified atom stereocenters. The van der Waals surface area contributed by atoms with Gasteiger partial charge in [-0.1, -0.05) is 18.2 Å². The lowest BCUT2D eigenvalue weighted by molar-refractivity contribution is 0.102. The van der Waals surface area contributed by atoms with Gasteiger partial charge in [0.1, 0.15) is 0 Å². The minimum atomic E-state index is -0.256. The lowest BCUT2D eigenvalue weighted by atomic mass is 9.98. The van der Waals surface area contributed by atoms with Crippen molar-refractivity contribution in [2.75, 3.05) is 38.4 Å². The highest BCUT2D eigenvalue weighted by Gasteiger charge is 2.19. The van der Waals surface area contributed by atoms with Crippen LogP contribution >= 0.6 is 11.8 Å². The Morgan fingerprint density at radius 2 is 1.63 bits per heavy atom. The number of hydrogen-bond donors (Lipinski definition) is 2. The van der Waals surface area contributed by atoms with Gasteiger partial charge in [0.05, 0.1) is 30.8 Å². The average Bonchev–Trinajstić information content (AvgIpc) is 3.03. The highest BCUT2D eigenvalue weighted by atomic mass is 32.2.